The number of ketones is 1. The molecule has 31 heavy (non-hydrogen) atoms. The van der Waals surface area contributed by atoms with Crippen molar-refractivity contribution >= 4 is 38.6 Å². The topological polar surface area (TPSA) is 80.0 Å². The minimum Gasteiger partial charge on any atom is -0.503 e. The quantitative estimate of drug-likeness (QED) is 0.376. The molecule has 1 aromatic heterocycles. The van der Waals surface area contributed by atoms with Crippen molar-refractivity contribution < 1.29 is 28.2 Å². The maximum absolute atomic E-state index is 14.7. The number of carbonyl (C=O) groups excluding carboxylic acids is 2. The zero-order valence-electron chi connectivity index (χ0n) is 16.6. The number of methoxy groups -OCH3 is 1. The number of fused-ring (bicyclic) bond motifs is 1. The highest BCUT2D eigenvalue weighted by atomic mass is 79.9. The molecule has 0 radical (unpaired) electrons. The maximum Gasteiger partial charge on any atom is 0.290 e. The van der Waals surface area contributed by atoms with Gasteiger partial charge in [-0.3, -0.25) is 9.59 Å². The monoisotopic (exact) mass is 487 g/mol. The van der Waals surface area contributed by atoms with E-state index in [1.54, 1.807) is 30.3 Å². The Hall–Kier alpha value is -2.97. The number of aliphatic hydroxyl groups excluding tert-OH is 1. The molecule has 2 heterocycles. The van der Waals surface area contributed by atoms with E-state index in [0.717, 1.165) is 4.47 Å². The van der Waals surface area contributed by atoms with Gasteiger partial charge in [-0.2, -0.15) is 0 Å². The molecule has 0 fully saturated rings. The van der Waals surface area contributed by atoms with Crippen LogP contribution in [0.1, 0.15) is 28.6 Å². The van der Waals surface area contributed by atoms with Crippen LogP contribution in [-0.2, 0) is 9.53 Å². The maximum atomic E-state index is 14.7. The fraction of sp³-hybridized carbons (Fsp3) is 0.217. The fourth-order valence-corrected chi connectivity index (χ4v) is 4.15. The molecule has 1 amide bonds. The number of ether oxygens (including phenoxy) is 1. The molecule has 0 aliphatic carbocycles. The van der Waals surface area contributed by atoms with E-state index in [9.17, 15) is 19.1 Å². The first-order valence-electron chi connectivity index (χ1n) is 9.63. The molecule has 6 nitrogen and oxygen atoms in total. The number of benzene rings is 2. The Kier molecular flexibility index (Phi) is 5.93. The second kappa shape index (κ2) is 8.64. The third kappa shape index (κ3) is 3.88. The molecule has 0 bridgehead atoms. The Labute approximate surface area is 186 Å². The number of hydrogen-bond donors (Lipinski definition) is 1. The van der Waals surface area contributed by atoms with Crippen molar-refractivity contribution in [1.29, 1.82) is 0 Å². The van der Waals surface area contributed by atoms with E-state index in [0.29, 0.717) is 24.0 Å². The lowest BCUT2D eigenvalue weighted by molar-refractivity contribution is -0.129. The summed E-state index contributed by atoms with van der Waals surface area (Å²) in [5.41, 5.74) is 0.403. The molecule has 4 rings (SSSR count). The van der Waals surface area contributed by atoms with Crippen LogP contribution < -0.4 is 0 Å². The molecule has 1 atom stereocenters. The summed E-state index contributed by atoms with van der Waals surface area (Å²) in [6, 6.07) is 11.6. The van der Waals surface area contributed by atoms with Gasteiger partial charge in [0, 0.05) is 35.7 Å². The number of Topliss-reactive ketones (excluding diaryl/α,β-unsaturated/α-hetero) is 1. The summed E-state index contributed by atoms with van der Waals surface area (Å²) >= 11 is 3.37. The number of aliphatic hydroxyl groups is 1. The van der Waals surface area contributed by atoms with Crippen LogP contribution in [-0.4, -0.2) is 42.0 Å². The van der Waals surface area contributed by atoms with Crippen LogP contribution in [0.5, 0.6) is 0 Å². The van der Waals surface area contributed by atoms with Crippen molar-refractivity contribution in [2.45, 2.75) is 12.5 Å². The van der Waals surface area contributed by atoms with Crippen LogP contribution in [0.25, 0.3) is 11.0 Å². The summed E-state index contributed by atoms with van der Waals surface area (Å²) in [5.74, 6) is -2.71. The minimum atomic E-state index is -1.07. The van der Waals surface area contributed by atoms with Crippen molar-refractivity contribution in [3.8, 4) is 0 Å². The average Bonchev–Trinajstić information content (AvgIpc) is 3.28. The van der Waals surface area contributed by atoms with Crippen LogP contribution in [0.3, 0.4) is 0 Å². The molecule has 160 valence electrons. The zero-order valence-corrected chi connectivity index (χ0v) is 18.2. The molecular formula is C23H19BrFNO5. The molecule has 1 aliphatic rings. The van der Waals surface area contributed by atoms with E-state index in [-0.39, 0.29) is 23.4 Å². The highest BCUT2D eigenvalue weighted by Crippen LogP contribution is 2.40. The van der Waals surface area contributed by atoms with Gasteiger partial charge < -0.3 is 19.2 Å². The highest BCUT2D eigenvalue weighted by Gasteiger charge is 2.45. The SMILES string of the molecule is COCCCN1C(=O)C(O)=C(C(=O)c2cc3cc(Br)ccc3o2)C1c1ccccc1F. The van der Waals surface area contributed by atoms with E-state index in [1.165, 1.54) is 30.2 Å². The number of nitrogens with zero attached hydrogens (tertiary/aromatic N) is 1. The van der Waals surface area contributed by atoms with E-state index in [2.05, 4.69) is 15.9 Å². The molecule has 2 aromatic carbocycles. The Morgan fingerprint density at radius 3 is 2.77 bits per heavy atom. The first-order chi connectivity index (χ1) is 14.9. The van der Waals surface area contributed by atoms with E-state index in [1.807, 2.05) is 0 Å². The summed E-state index contributed by atoms with van der Waals surface area (Å²) in [6.07, 6.45) is 0.459. The number of carbonyl (C=O) groups is 2. The lowest BCUT2D eigenvalue weighted by Gasteiger charge is -2.26. The summed E-state index contributed by atoms with van der Waals surface area (Å²) in [7, 11) is 1.53. The smallest absolute Gasteiger partial charge is 0.290 e. The molecule has 1 N–H and O–H groups in total. The molecule has 1 aliphatic heterocycles. The fourth-order valence-electron chi connectivity index (χ4n) is 3.77. The molecule has 0 saturated heterocycles. The Morgan fingerprint density at radius 1 is 1.26 bits per heavy atom. The van der Waals surface area contributed by atoms with E-state index in [4.69, 9.17) is 9.15 Å². The Bertz CT molecular complexity index is 1200. The molecule has 0 saturated carbocycles. The van der Waals surface area contributed by atoms with E-state index >= 15 is 0 Å². The number of amides is 1. The van der Waals surface area contributed by atoms with Gasteiger partial charge in [-0.15, -0.1) is 0 Å². The van der Waals surface area contributed by atoms with Gasteiger partial charge in [-0.1, -0.05) is 34.1 Å². The molecule has 8 heteroatoms. The van der Waals surface area contributed by atoms with Gasteiger partial charge >= 0.3 is 0 Å². The second-order valence-corrected chi connectivity index (χ2v) is 8.07. The van der Waals surface area contributed by atoms with Gasteiger partial charge in [0.1, 0.15) is 11.4 Å². The minimum absolute atomic E-state index is 0.0393. The van der Waals surface area contributed by atoms with Gasteiger partial charge in [0.2, 0.25) is 5.78 Å². The zero-order chi connectivity index (χ0) is 22.1. The van der Waals surface area contributed by atoms with Crippen LogP contribution in [0.2, 0.25) is 0 Å². The predicted molar refractivity (Wildman–Crippen MR) is 115 cm³/mol. The second-order valence-electron chi connectivity index (χ2n) is 7.15. The van der Waals surface area contributed by atoms with Gasteiger partial charge in [0.25, 0.3) is 5.91 Å². The lowest BCUT2D eigenvalue weighted by atomic mass is 9.94. The van der Waals surface area contributed by atoms with Crippen molar-refractivity contribution in [1.82, 2.24) is 4.90 Å². The van der Waals surface area contributed by atoms with E-state index < -0.39 is 29.3 Å². The van der Waals surface area contributed by atoms with Crippen molar-refractivity contribution in [3.63, 3.8) is 0 Å². The normalized spacial score (nSPS) is 16.5. The molecule has 1 unspecified atom stereocenters. The van der Waals surface area contributed by atoms with Crippen molar-refractivity contribution in [3.05, 3.63) is 81.5 Å². The number of rotatable bonds is 7. The van der Waals surface area contributed by atoms with Gasteiger partial charge in [0.15, 0.2) is 11.5 Å². The summed E-state index contributed by atoms with van der Waals surface area (Å²) in [5, 5.41) is 11.3. The summed E-state index contributed by atoms with van der Waals surface area (Å²) in [4.78, 5) is 27.5. The molecular weight excluding hydrogens is 469 g/mol. The number of halogens is 2. The third-order valence-corrected chi connectivity index (χ3v) is 5.69. The van der Waals surface area contributed by atoms with Gasteiger partial charge in [-0.25, -0.2) is 4.39 Å². The highest BCUT2D eigenvalue weighted by molar-refractivity contribution is 9.10. The van der Waals surface area contributed by atoms with Crippen LogP contribution in [0.15, 0.2) is 68.8 Å². The molecule has 0 spiro atoms. The first-order valence-corrected chi connectivity index (χ1v) is 10.4. The predicted octanol–water partition coefficient (Wildman–Crippen LogP) is 4.95. The van der Waals surface area contributed by atoms with Crippen LogP contribution in [0, 0.1) is 5.82 Å². The van der Waals surface area contributed by atoms with Gasteiger partial charge in [-0.05, 0) is 36.8 Å². The van der Waals surface area contributed by atoms with Crippen molar-refractivity contribution in [2.75, 3.05) is 20.3 Å². The third-order valence-electron chi connectivity index (χ3n) is 5.20. The summed E-state index contributed by atoms with van der Waals surface area (Å²) in [6.45, 7) is 0.551. The lowest BCUT2D eigenvalue weighted by Crippen LogP contribution is -2.33. The largest absolute Gasteiger partial charge is 0.503 e. The standard InChI is InChI=1S/C23H19BrFNO5/c1-30-10-4-9-26-20(15-5-2-3-6-16(15)25)19(22(28)23(26)29)21(27)18-12-13-11-14(24)7-8-17(13)31-18/h2-3,5-8,11-12,20,28H,4,9-10H2,1H3. The van der Waals surface area contributed by atoms with Crippen LogP contribution >= 0.6 is 15.9 Å². The van der Waals surface area contributed by atoms with Crippen LogP contribution in [0.4, 0.5) is 4.39 Å². The average molecular weight is 488 g/mol. The Balaban J connectivity index is 1.79. The number of hydrogen-bond acceptors (Lipinski definition) is 5. The van der Waals surface area contributed by atoms with Gasteiger partial charge in [0.05, 0.1) is 11.6 Å². The first kappa shape index (κ1) is 21.3. The number of furan rings is 1. The summed E-state index contributed by atoms with van der Waals surface area (Å²) < 4.78 is 26.2. The van der Waals surface area contributed by atoms with Crippen molar-refractivity contribution in [2.24, 2.45) is 0 Å². The molecule has 3 aromatic rings. The Morgan fingerprint density at radius 2 is 2.03 bits per heavy atom.